The quantitative estimate of drug-likeness (QED) is 0.883. The number of aromatic amines is 1. The molecule has 0 radical (unpaired) electrons. The van der Waals surface area contributed by atoms with Crippen molar-refractivity contribution in [1.29, 1.82) is 0 Å². The number of fused-ring (bicyclic) bond motifs is 1. The molecule has 1 N–H and O–H groups in total. The van der Waals surface area contributed by atoms with Gasteiger partial charge in [-0.15, -0.1) is 0 Å². The fraction of sp³-hybridized carbons (Fsp3) is 0.682. The SMILES string of the molecule is CCC1(N2CCC(n3c(=O)[nH]c4ccc(C)cc43)CC2)CCC(OC)CC1. The molecule has 148 valence electrons. The summed E-state index contributed by atoms with van der Waals surface area (Å²) in [6.45, 7) is 6.60. The fourth-order valence-corrected chi connectivity index (χ4v) is 5.45. The van der Waals surface area contributed by atoms with Crippen molar-refractivity contribution in [3.05, 3.63) is 34.2 Å². The zero-order valence-corrected chi connectivity index (χ0v) is 17.0. The normalized spacial score (nSPS) is 28.0. The number of ether oxygens (including phenoxy) is 1. The first-order chi connectivity index (χ1) is 13.1. The van der Waals surface area contributed by atoms with Crippen LogP contribution in [0.5, 0.6) is 0 Å². The van der Waals surface area contributed by atoms with Crippen molar-refractivity contribution in [2.75, 3.05) is 20.2 Å². The minimum Gasteiger partial charge on any atom is -0.381 e. The van der Waals surface area contributed by atoms with Gasteiger partial charge in [0, 0.05) is 31.8 Å². The van der Waals surface area contributed by atoms with Gasteiger partial charge < -0.3 is 9.72 Å². The molecule has 5 heteroatoms. The molecule has 1 saturated heterocycles. The Labute approximate surface area is 161 Å². The van der Waals surface area contributed by atoms with E-state index in [1.807, 2.05) is 17.7 Å². The molecule has 0 unspecified atom stereocenters. The summed E-state index contributed by atoms with van der Waals surface area (Å²) in [7, 11) is 1.84. The first kappa shape index (κ1) is 18.8. The van der Waals surface area contributed by atoms with E-state index in [1.165, 1.54) is 37.7 Å². The summed E-state index contributed by atoms with van der Waals surface area (Å²) in [5.41, 5.74) is 3.59. The third-order valence-corrected chi connectivity index (χ3v) is 7.23. The lowest BCUT2D eigenvalue weighted by Gasteiger charge is -2.50. The number of aromatic nitrogens is 2. The van der Waals surface area contributed by atoms with Gasteiger partial charge in [0.25, 0.3) is 0 Å². The summed E-state index contributed by atoms with van der Waals surface area (Å²) in [6.07, 6.45) is 8.57. The van der Waals surface area contributed by atoms with Gasteiger partial charge in [-0.3, -0.25) is 9.47 Å². The molecule has 1 aromatic heterocycles. The Kier molecular flexibility index (Phi) is 5.17. The van der Waals surface area contributed by atoms with Gasteiger partial charge in [0.2, 0.25) is 0 Å². The van der Waals surface area contributed by atoms with Crippen LogP contribution in [0.15, 0.2) is 23.0 Å². The molecule has 1 aliphatic carbocycles. The fourth-order valence-electron chi connectivity index (χ4n) is 5.45. The Morgan fingerprint density at radius 1 is 1.19 bits per heavy atom. The number of methoxy groups -OCH3 is 1. The number of nitrogens with zero attached hydrogens (tertiary/aromatic N) is 2. The monoisotopic (exact) mass is 371 g/mol. The lowest BCUT2D eigenvalue weighted by Crippen LogP contribution is -2.54. The van der Waals surface area contributed by atoms with Crippen LogP contribution in [0.25, 0.3) is 11.0 Å². The van der Waals surface area contributed by atoms with Crippen molar-refractivity contribution in [3.8, 4) is 0 Å². The van der Waals surface area contributed by atoms with E-state index in [-0.39, 0.29) is 5.69 Å². The van der Waals surface area contributed by atoms with E-state index in [9.17, 15) is 4.79 Å². The Morgan fingerprint density at radius 2 is 1.89 bits per heavy atom. The number of rotatable bonds is 4. The molecule has 1 aliphatic heterocycles. The zero-order valence-electron chi connectivity index (χ0n) is 17.0. The number of H-pyrrole nitrogens is 1. The highest BCUT2D eigenvalue weighted by Crippen LogP contribution is 2.40. The van der Waals surface area contributed by atoms with Crippen molar-refractivity contribution in [1.82, 2.24) is 14.5 Å². The van der Waals surface area contributed by atoms with Gasteiger partial charge in [-0.05, 0) is 69.6 Å². The summed E-state index contributed by atoms with van der Waals surface area (Å²) in [6, 6.07) is 6.53. The molecule has 2 aliphatic rings. The molecule has 4 rings (SSSR count). The summed E-state index contributed by atoms with van der Waals surface area (Å²) < 4.78 is 7.60. The van der Waals surface area contributed by atoms with Crippen LogP contribution in [0.3, 0.4) is 0 Å². The first-order valence-electron chi connectivity index (χ1n) is 10.5. The molecule has 0 bridgehead atoms. The predicted octanol–water partition coefficient (Wildman–Crippen LogP) is 4.01. The van der Waals surface area contributed by atoms with Crippen LogP contribution in [0.4, 0.5) is 0 Å². The van der Waals surface area contributed by atoms with Crippen LogP contribution in [0.1, 0.15) is 63.5 Å². The van der Waals surface area contributed by atoms with Crippen molar-refractivity contribution < 1.29 is 4.74 Å². The number of hydrogen-bond acceptors (Lipinski definition) is 3. The topological polar surface area (TPSA) is 50.3 Å². The van der Waals surface area contributed by atoms with E-state index in [0.717, 1.165) is 37.0 Å². The third kappa shape index (κ3) is 3.36. The van der Waals surface area contributed by atoms with Crippen LogP contribution in [0, 0.1) is 6.92 Å². The second kappa shape index (κ2) is 7.44. The highest BCUT2D eigenvalue weighted by atomic mass is 16.5. The van der Waals surface area contributed by atoms with Gasteiger partial charge in [0.05, 0.1) is 17.1 Å². The minimum absolute atomic E-state index is 0.0415. The average molecular weight is 372 g/mol. The van der Waals surface area contributed by atoms with E-state index in [0.29, 0.717) is 17.7 Å². The van der Waals surface area contributed by atoms with E-state index in [2.05, 4.69) is 35.9 Å². The highest BCUT2D eigenvalue weighted by Gasteiger charge is 2.40. The van der Waals surface area contributed by atoms with Gasteiger partial charge in [-0.2, -0.15) is 0 Å². The zero-order chi connectivity index (χ0) is 19.0. The van der Waals surface area contributed by atoms with Crippen LogP contribution < -0.4 is 5.69 Å². The van der Waals surface area contributed by atoms with E-state index >= 15 is 0 Å². The molecular weight excluding hydrogens is 338 g/mol. The molecule has 2 heterocycles. The largest absolute Gasteiger partial charge is 0.381 e. The maximum atomic E-state index is 12.6. The number of imidazole rings is 1. The lowest BCUT2D eigenvalue weighted by molar-refractivity contribution is -0.0258. The van der Waals surface area contributed by atoms with Crippen LogP contribution in [-0.4, -0.2) is 46.3 Å². The standard InChI is InChI=1S/C22H33N3O2/c1-4-22(11-7-18(27-3)8-12-22)24-13-9-17(10-14-24)25-20-15-16(2)5-6-19(20)23-21(25)26/h5-6,15,17-18H,4,7-14H2,1-3H3,(H,23,26). The molecule has 1 saturated carbocycles. The van der Waals surface area contributed by atoms with Gasteiger partial charge in [-0.1, -0.05) is 13.0 Å². The second-order valence-electron chi connectivity index (χ2n) is 8.55. The van der Waals surface area contributed by atoms with E-state index in [4.69, 9.17) is 4.74 Å². The van der Waals surface area contributed by atoms with Crippen molar-refractivity contribution in [2.45, 2.75) is 76.5 Å². The number of aryl methyl sites for hydroxylation is 1. The number of piperidine rings is 1. The predicted molar refractivity (Wildman–Crippen MR) is 109 cm³/mol. The van der Waals surface area contributed by atoms with Gasteiger partial charge >= 0.3 is 5.69 Å². The molecule has 0 atom stereocenters. The Balaban J connectivity index is 1.50. The smallest absolute Gasteiger partial charge is 0.326 e. The molecule has 2 aromatic rings. The van der Waals surface area contributed by atoms with E-state index < -0.39 is 0 Å². The number of likely N-dealkylation sites (tertiary alicyclic amines) is 1. The molecule has 2 fully saturated rings. The van der Waals surface area contributed by atoms with Gasteiger partial charge in [-0.25, -0.2) is 4.79 Å². The van der Waals surface area contributed by atoms with Crippen molar-refractivity contribution >= 4 is 11.0 Å². The molecule has 0 spiro atoms. The highest BCUT2D eigenvalue weighted by molar-refractivity contribution is 5.76. The summed E-state index contributed by atoms with van der Waals surface area (Å²) in [5, 5.41) is 0. The number of nitrogens with one attached hydrogen (secondary N) is 1. The Morgan fingerprint density at radius 3 is 2.52 bits per heavy atom. The van der Waals surface area contributed by atoms with Crippen LogP contribution in [0.2, 0.25) is 0 Å². The van der Waals surface area contributed by atoms with Crippen molar-refractivity contribution in [2.24, 2.45) is 0 Å². The lowest BCUT2D eigenvalue weighted by atomic mass is 9.76. The van der Waals surface area contributed by atoms with Gasteiger partial charge in [0.1, 0.15) is 0 Å². The Bertz CT molecular complexity index is 837. The number of benzene rings is 1. The maximum absolute atomic E-state index is 12.6. The van der Waals surface area contributed by atoms with Crippen molar-refractivity contribution in [3.63, 3.8) is 0 Å². The molecule has 1 aromatic carbocycles. The molecule has 0 amide bonds. The summed E-state index contributed by atoms with van der Waals surface area (Å²) in [4.78, 5) is 18.4. The van der Waals surface area contributed by atoms with Gasteiger partial charge in [0.15, 0.2) is 0 Å². The first-order valence-corrected chi connectivity index (χ1v) is 10.5. The average Bonchev–Trinajstić information content (AvgIpc) is 3.03. The molecule has 5 nitrogen and oxygen atoms in total. The molecular formula is C22H33N3O2. The second-order valence-corrected chi connectivity index (χ2v) is 8.55. The third-order valence-electron chi connectivity index (χ3n) is 7.23. The Hall–Kier alpha value is -1.59. The number of hydrogen-bond donors (Lipinski definition) is 1. The van der Waals surface area contributed by atoms with E-state index in [1.54, 1.807) is 0 Å². The molecule has 27 heavy (non-hydrogen) atoms. The summed E-state index contributed by atoms with van der Waals surface area (Å²) >= 11 is 0. The van der Waals surface area contributed by atoms with Crippen LogP contribution in [-0.2, 0) is 4.74 Å². The summed E-state index contributed by atoms with van der Waals surface area (Å²) in [5.74, 6) is 0. The van der Waals surface area contributed by atoms with Crippen LogP contribution >= 0.6 is 0 Å². The minimum atomic E-state index is 0.0415. The maximum Gasteiger partial charge on any atom is 0.326 e.